The molecule has 0 bridgehead atoms. The summed E-state index contributed by atoms with van der Waals surface area (Å²) in [7, 11) is 0. The van der Waals surface area contributed by atoms with E-state index in [0.29, 0.717) is 5.41 Å². The van der Waals surface area contributed by atoms with E-state index >= 15 is 0 Å². The molecule has 20 heavy (non-hydrogen) atoms. The van der Waals surface area contributed by atoms with Gasteiger partial charge in [-0.2, -0.15) is 0 Å². The maximum Gasteiger partial charge on any atom is 0.0126 e. The second kappa shape index (κ2) is 7.82. The minimum Gasteiger partial charge on any atom is -0.314 e. The molecule has 0 spiro atoms. The first kappa shape index (κ1) is 16.3. The van der Waals surface area contributed by atoms with E-state index in [2.05, 4.69) is 26.1 Å². The molecule has 0 saturated heterocycles. The molecule has 2 fully saturated rings. The van der Waals surface area contributed by atoms with Crippen molar-refractivity contribution in [3.8, 4) is 0 Å². The lowest BCUT2D eigenvalue weighted by Gasteiger charge is -2.42. The smallest absolute Gasteiger partial charge is 0.0126 e. The standard InChI is InChI=1S/C19H37N/c1-4-20-18(14-17-10-6-5-7-11-17)19(15-16(2)3)12-8-9-13-19/h16-18,20H,4-15H2,1-3H3. The monoisotopic (exact) mass is 279 g/mol. The molecule has 2 rings (SSSR count). The third-order valence-corrected chi connectivity index (χ3v) is 5.90. The average molecular weight is 280 g/mol. The number of hydrogen-bond acceptors (Lipinski definition) is 1. The summed E-state index contributed by atoms with van der Waals surface area (Å²) in [4.78, 5) is 0. The minimum atomic E-state index is 0.627. The molecule has 0 aromatic carbocycles. The third-order valence-electron chi connectivity index (χ3n) is 5.90. The number of nitrogens with one attached hydrogen (secondary N) is 1. The van der Waals surface area contributed by atoms with Crippen LogP contribution in [-0.2, 0) is 0 Å². The largest absolute Gasteiger partial charge is 0.314 e. The molecule has 0 radical (unpaired) electrons. The fraction of sp³-hybridized carbons (Fsp3) is 1.00. The molecule has 2 aliphatic carbocycles. The summed E-state index contributed by atoms with van der Waals surface area (Å²) in [5, 5.41) is 3.92. The molecule has 118 valence electrons. The molecule has 0 aromatic heterocycles. The van der Waals surface area contributed by atoms with Gasteiger partial charge in [-0.3, -0.25) is 0 Å². The van der Waals surface area contributed by atoms with Gasteiger partial charge in [0, 0.05) is 6.04 Å². The Bertz CT molecular complexity index is 259. The van der Waals surface area contributed by atoms with Gasteiger partial charge in [-0.25, -0.2) is 0 Å². The van der Waals surface area contributed by atoms with Gasteiger partial charge in [-0.15, -0.1) is 0 Å². The molecular formula is C19H37N. The lowest BCUT2D eigenvalue weighted by Crippen LogP contribution is -2.46. The third kappa shape index (κ3) is 4.23. The highest BCUT2D eigenvalue weighted by Crippen LogP contribution is 2.48. The zero-order valence-electron chi connectivity index (χ0n) is 14.2. The van der Waals surface area contributed by atoms with Crippen molar-refractivity contribution in [3.05, 3.63) is 0 Å². The lowest BCUT2D eigenvalue weighted by molar-refractivity contribution is 0.126. The highest BCUT2D eigenvalue weighted by atomic mass is 14.9. The summed E-state index contributed by atoms with van der Waals surface area (Å²) in [6.45, 7) is 8.29. The predicted molar refractivity (Wildman–Crippen MR) is 89.0 cm³/mol. The SMILES string of the molecule is CCNC(CC1CCCCC1)C1(CC(C)C)CCCC1. The van der Waals surface area contributed by atoms with Crippen LogP contribution in [0.5, 0.6) is 0 Å². The Kier molecular flexibility index (Phi) is 6.39. The zero-order valence-corrected chi connectivity index (χ0v) is 14.2. The summed E-state index contributed by atoms with van der Waals surface area (Å²) in [5.74, 6) is 1.86. The molecule has 1 nitrogen and oxygen atoms in total. The van der Waals surface area contributed by atoms with E-state index < -0.39 is 0 Å². The quantitative estimate of drug-likeness (QED) is 0.645. The first-order valence-electron chi connectivity index (χ1n) is 9.39. The van der Waals surface area contributed by atoms with Crippen LogP contribution in [0.4, 0.5) is 0 Å². The lowest BCUT2D eigenvalue weighted by atomic mass is 9.69. The highest BCUT2D eigenvalue weighted by Gasteiger charge is 2.41. The van der Waals surface area contributed by atoms with Crippen LogP contribution in [0, 0.1) is 17.3 Å². The highest BCUT2D eigenvalue weighted by molar-refractivity contribution is 4.96. The van der Waals surface area contributed by atoms with Gasteiger partial charge < -0.3 is 5.32 Å². The molecule has 1 N–H and O–H groups in total. The van der Waals surface area contributed by atoms with Crippen molar-refractivity contribution in [3.63, 3.8) is 0 Å². The van der Waals surface area contributed by atoms with Crippen molar-refractivity contribution >= 4 is 0 Å². The Morgan fingerprint density at radius 3 is 2.20 bits per heavy atom. The van der Waals surface area contributed by atoms with Crippen LogP contribution < -0.4 is 5.32 Å². The van der Waals surface area contributed by atoms with Crippen LogP contribution in [0.2, 0.25) is 0 Å². The van der Waals surface area contributed by atoms with E-state index in [1.807, 2.05) is 0 Å². The molecule has 1 unspecified atom stereocenters. The fourth-order valence-corrected chi connectivity index (χ4v) is 5.14. The minimum absolute atomic E-state index is 0.627. The summed E-state index contributed by atoms with van der Waals surface area (Å²) in [6.07, 6.45) is 16.3. The fourth-order valence-electron chi connectivity index (χ4n) is 5.14. The topological polar surface area (TPSA) is 12.0 Å². The van der Waals surface area contributed by atoms with Crippen LogP contribution in [0.15, 0.2) is 0 Å². The zero-order chi connectivity index (χ0) is 14.4. The second-order valence-corrected chi connectivity index (χ2v) is 8.02. The van der Waals surface area contributed by atoms with E-state index in [0.717, 1.165) is 24.4 Å². The first-order chi connectivity index (χ1) is 9.66. The van der Waals surface area contributed by atoms with Gasteiger partial charge in [-0.05, 0) is 49.5 Å². The second-order valence-electron chi connectivity index (χ2n) is 8.02. The molecule has 1 atom stereocenters. The van der Waals surface area contributed by atoms with E-state index in [-0.39, 0.29) is 0 Å². The van der Waals surface area contributed by atoms with Crippen LogP contribution in [0.3, 0.4) is 0 Å². The van der Waals surface area contributed by atoms with E-state index in [1.165, 1.54) is 70.6 Å². The molecule has 2 saturated carbocycles. The normalized spacial score (nSPS) is 25.2. The van der Waals surface area contributed by atoms with E-state index in [4.69, 9.17) is 0 Å². The summed E-state index contributed by atoms with van der Waals surface area (Å²) in [6, 6.07) is 0.792. The molecular weight excluding hydrogens is 242 g/mol. The Balaban J connectivity index is 2.03. The first-order valence-corrected chi connectivity index (χ1v) is 9.39. The van der Waals surface area contributed by atoms with Gasteiger partial charge in [-0.1, -0.05) is 65.7 Å². The van der Waals surface area contributed by atoms with Crippen LogP contribution in [-0.4, -0.2) is 12.6 Å². The number of hydrogen-bond donors (Lipinski definition) is 1. The number of rotatable bonds is 7. The van der Waals surface area contributed by atoms with Crippen molar-refractivity contribution in [2.75, 3.05) is 6.54 Å². The van der Waals surface area contributed by atoms with Crippen molar-refractivity contribution in [2.45, 2.75) is 97.4 Å². The Labute approximate surface area is 127 Å². The van der Waals surface area contributed by atoms with Crippen LogP contribution in [0.25, 0.3) is 0 Å². The van der Waals surface area contributed by atoms with Gasteiger partial charge in [0.2, 0.25) is 0 Å². The van der Waals surface area contributed by atoms with Gasteiger partial charge in [0.05, 0.1) is 0 Å². The van der Waals surface area contributed by atoms with Crippen molar-refractivity contribution in [1.29, 1.82) is 0 Å². The molecule has 0 aliphatic heterocycles. The van der Waals surface area contributed by atoms with Gasteiger partial charge in [0.1, 0.15) is 0 Å². The Morgan fingerprint density at radius 2 is 1.65 bits per heavy atom. The molecule has 0 heterocycles. The van der Waals surface area contributed by atoms with Crippen molar-refractivity contribution in [2.24, 2.45) is 17.3 Å². The molecule has 0 amide bonds. The molecule has 0 aromatic rings. The van der Waals surface area contributed by atoms with Crippen molar-refractivity contribution in [1.82, 2.24) is 5.32 Å². The maximum absolute atomic E-state index is 3.92. The van der Waals surface area contributed by atoms with Crippen LogP contribution >= 0.6 is 0 Å². The van der Waals surface area contributed by atoms with Crippen LogP contribution in [0.1, 0.15) is 91.4 Å². The molecule has 1 heteroatoms. The molecule has 2 aliphatic rings. The Hall–Kier alpha value is -0.0400. The summed E-state index contributed by atoms with van der Waals surface area (Å²) < 4.78 is 0. The average Bonchev–Trinajstić information content (AvgIpc) is 2.88. The van der Waals surface area contributed by atoms with Gasteiger partial charge in [0.15, 0.2) is 0 Å². The van der Waals surface area contributed by atoms with Gasteiger partial charge >= 0.3 is 0 Å². The van der Waals surface area contributed by atoms with Crippen molar-refractivity contribution < 1.29 is 0 Å². The van der Waals surface area contributed by atoms with Gasteiger partial charge in [0.25, 0.3) is 0 Å². The van der Waals surface area contributed by atoms with E-state index in [9.17, 15) is 0 Å². The Morgan fingerprint density at radius 1 is 1.00 bits per heavy atom. The summed E-state index contributed by atoms with van der Waals surface area (Å²) >= 11 is 0. The summed E-state index contributed by atoms with van der Waals surface area (Å²) in [5.41, 5.74) is 0.627. The maximum atomic E-state index is 3.92. The van der Waals surface area contributed by atoms with E-state index in [1.54, 1.807) is 0 Å². The predicted octanol–water partition coefficient (Wildman–Crippen LogP) is 5.54.